The first kappa shape index (κ1) is 19.4. The second kappa shape index (κ2) is 10.2. The van der Waals surface area contributed by atoms with Crippen molar-refractivity contribution in [3.8, 4) is 0 Å². The Kier molecular flexibility index (Phi) is 7.88. The van der Waals surface area contributed by atoms with Gasteiger partial charge in [0.05, 0.1) is 6.54 Å². The number of carbonyl (C=O) groups is 2. The van der Waals surface area contributed by atoms with E-state index in [2.05, 4.69) is 15.5 Å². The van der Waals surface area contributed by atoms with E-state index >= 15 is 0 Å². The highest BCUT2D eigenvalue weighted by Crippen LogP contribution is 2.15. The maximum absolute atomic E-state index is 12.2. The van der Waals surface area contributed by atoms with E-state index in [1.807, 2.05) is 0 Å². The monoisotopic (exact) mass is 347 g/mol. The third-order valence-corrected chi connectivity index (χ3v) is 4.44. The summed E-state index contributed by atoms with van der Waals surface area (Å²) in [4.78, 5) is 26.1. The SMILES string of the molecule is CCC(O)C(=O)Nc1ccc(NC(=O)CN2CCCCCCC2)cc1. The van der Waals surface area contributed by atoms with E-state index in [0.717, 1.165) is 25.9 Å². The maximum Gasteiger partial charge on any atom is 0.253 e. The Balaban J connectivity index is 1.81. The predicted molar refractivity (Wildman–Crippen MR) is 99.5 cm³/mol. The Morgan fingerprint density at radius 2 is 1.52 bits per heavy atom. The Hall–Kier alpha value is -1.92. The van der Waals surface area contributed by atoms with Crippen LogP contribution in [0.1, 0.15) is 45.4 Å². The van der Waals surface area contributed by atoms with Crippen LogP contribution in [0.25, 0.3) is 0 Å². The van der Waals surface area contributed by atoms with Gasteiger partial charge < -0.3 is 15.7 Å². The summed E-state index contributed by atoms with van der Waals surface area (Å²) in [5.41, 5.74) is 1.30. The molecule has 1 aliphatic heterocycles. The largest absolute Gasteiger partial charge is 0.383 e. The highest BCUT2D eigenvalue weighted by atomic mass is 16.3. The minimum Gasteiger partial charge on any atom is -0.383 e. The molecule has 6 heteroatoms. The average Bonchev–Trinajstić information content (AvgIpc) is 2.58. The van der Waals surface area contributed by atoms with Gasteiger partial charge in [-0.3, -0.25) is 14.5 Å². The van der Waals surface area contributed by atoms with Gasteiger partial charge >= 0.3 is 0 Å². The van der Waals surface area contributed by atoms with Crippen LogP contribution in [0.3, 0.4) is 0 Å². The van der Waals surface area contributed by atoms with E-state index < -0.39 is 12.0 Å². The molecule has 0 bridgehead atoms. The molecule has 1 aliphatic rings. The van der Waals surface area contributed by atoms with E-state index in [1.54, 1.807) is 31.2 Å². The first-order valence-electron chi connectivity index (χ1n) is 9.19. The van der Waals surface area contributed by atoms with Crippen LogP contribution in [0.15, 0.2) is 24.3 Å². The molecule has 0 saturated carbocycles. The molecule has 1 atom stereocenters. The van der Waals surface area contributed by atoms with E-state index in [4.69, 9.17) is 0 Å². The third-order valence-electron chi connectivity index (χ3n) is 4.44. The Labute approximate surface area is 149 Å². The lowest BCUT2D eigenvalue weighted by atomic mass is 10.1. The summed E-state index contributed by atoms with van der Waals surface area (Å²) >= 11 is 0. The van der Waals surface area contributed by atoms with Crippen LogP contribution in [-0.4, -0.2) is 47.6 Å². The lowest BCUT2D eigenvalue weighted by Crippen LogP contribution is -2.35. The molecule has 25 heavy (non-hydrogen) atoms. The van der Waals surface area contributed by atoms with Crippen LogP contribution in [0.4, 0.5) is 11.4 Å². The minimum atomic E-state index is -1.00. The summed E-state index contributed by atoms with van der Waals surface area (Å²) in [7, 11) is 0. The number of likely N-dealkylation sites (tertiary alicyclic amines) is 1. The molecule has 0 spiro atoms. The Bertz CT molecular complexity index is 552. The molecule has 3 N–H and O–H groups in total. The zero-order valence-electron chi connectivity index (χ0n) is 15.0. The number of aliphatic hydroxyl groups excluding tert-OH is 1. The van der Waals surface area contributed by atoms with Gasteiger partial charge in [-0.05, 0) is 56.6 Å². The topological polar surface area (TPSA) is 81.7 Å². The van der Waals surface area contributed by atoms with Crippen molar-refractivity contribution in [2.24, 2.45) is 0 Å². The third kappa shape index (κ3) is 6.84. The molecule has 0 radical (unpaired) electrons. The first-order valence-corrected chi connectivity index (χ1v) is 9.19. The Morgan fingerprint density at radius 3 is 2.08 bits per heavy atom. The van der Waals surface area contributed by atoms with Gasteiger partial charge in [-0.25, -0.2) is 0 Å². The van der Waals surface area contributed by atoms with E-state index in [1.165, 1.54) is 19.3 Å². The van der Waals surface area contributed by atoms with Gasteiger partial charge in [-0.2, -0.15) is 0 Å². The number of hydrogen-bond donors (Lipinski definition) is 3. The molecule has 2 rings (SSSR count). The van der Waals surface area contributed by atoms with Crippen molar-refractivity contribution >= 4 is 23.2 Å². The van der Waals surface area contributed by atoms with Crippen LogP contribution >= 0.6 is 0 Å². The van der Waals surface area contributed by atoms with Crippen LogP contribution < -0.4 is 10.6 Å². The van der Waals surface area contributed by atoms with E-state index in [9.17, 15) is 14.7 Å². The van der Waals surface area contributed by atoms with Crippen molar-refractivity contribution in [3.05, 3.63) is 24.3 Å². The number of carbonyl (C=O) groups excluding carboxylic acids is 2. The first-order chi connectivity index (χ1) is 12.1. The number of nitrogens with zero attached hydrogens (tertiary/aromatic N) is 1. The van der Waals surface area contributed by atoms with Crippen molar-refractivity contribution in [1.82, 2.24) is 4.90 Å². The molecule has 1 fully saturated rings. The van der Waals surface area contributed by atoms with Gasteiger partial charge in [0.2, 0.25) is 5.91 Å². The van der Waals surface area contributed by atoms with E-state index in [-0.39, 0.29) is 5.91 Å². The van der Waals surface area contributed by atoms with Gasteiger partial charge in [0, 0.05) is 11.4 Å². The molecule has 1 aromatic carbocycles. The van der Waals surface area contributed by atoms with Gasteiger partial charge in [0.25, 0.3) is 5.91 Å². The molecule has 138 valence electrons. The van der Waals surface area contributed by atoms with Crippen LogP contribution in [0.2, 0.25) is 0 Å². The normalized spacial score (nSPS) is 17.2. The van der Waals surface area contributed by atoms with Gasteiger partial charge in [0.15, 0.2) is 0 Å². The van der Waals surface area contributed by atoms with Crippen molar-refractivity contribution in [2.75, 3.05) is 30.3 Å². The summed E-state index contributed by atoms with van der Waals surface area (Å²) in [5, 5.41) is 15.0. The molecule has 6 nitrogen and oxygen atoms in total. The second-order valence-corrected chi connectivity index (χ2v) is 6.58. The molecule has 0 aliphatic carbocycles. The summed E-state index contributed by atoms with van der Waals surface area (Å²) in [6.07, 6.45) is 5.48. The highest BCUT2D eigenvalue weighted by Gasteiger charge is 2.14. The van der Waals surface area contributed by atoms with Crippen LogP contribution in [0, 0.1) is 0 Å². The smallest absolute Gasteiger partial charge is 0.253 e. The number of hydrogen-bond acceptors (Lipinski definition) is 4. The maximum atomic E-state index is 12.2. The molecular weight excluding hydrogens is 318 g/mol. The molecule has 2 amide bonds. The molecule has 1 aromatic rings. The average molecular weight is 347 g/mol. The zero-order valence-corrected chi connectivity index (χ0v) is 15.0. The lowest BCUT2D eigenvalue weighted by Gasteiger charge is -2.23. The molecule has 1 saturated heterocycles. The molecule has 0 aromatic heterocycles. The zero-order chi connectivity index (χ0) is 18.1. The predicted octanol–water partition coefficient (Wildman–Crippen LogP) is 2.60. The van der Waals surface area contributed by atoms with Gasteiger partial charge in [-0.15, -0.1) is 0 Å². The second-order valence-electron chi connectivity index (χ2n) is 6.58. The summed E-state index contributed by atoms with van der Waals surface area (Å²) in [6, 6.07) is 6.93. The standard InChI is InChI=1S/C19H29N3O3/c1-2-17(23)19(25)21-16-10-8-15(9-11-16)20-18(24)14-22-12-6-4-3-5-7-13-22/h8-11,17,23H,2-7,12-14H2,1H3,(H,20,24)(H,21,25). The minimum absolute atomic E-state index is 0.0150. The fourth-order valence-electron chi connectivity index (χ4n) is 2.92. The quantitative estimate of drug-likeness (QED) is 0.739. The van der Waals surface area contributed by atoms with Gasteiger partial charge in [0.1, 0.15) is 6.10 Å². The van der Waals surface area contributed by atoms with Crippen molar-refractivity contribution in [1.29, 1.82) is 0 Å². The van der Waals surface area contributed by atoms with Crippen LogP contribution in [-0.2, 0) is 9.59 Å². The van der Waals surface area contributed by atoms with Crippen LogP contribution in [0.5, 0.6) is 0 Å². The van der Waals surface area contributed by atoms with Crippen molar-refractivity contribution in [2.45, 2.75) is 51.6 Å². The van der Waals surface area contributed by atoms with Crippen molar-refractivity contribution in [3.63, 3.8) is 0 Å². The summed E-state index contributed by atoms with van der Waals surface area (Å²) < 4.78 is 0. The fraction of sp³-hybridized carbons (Fsp3) is 0.579. The van der Waals surface area contributed by atoms with Gasteiger partial charge in [-0.1, -0.05) is 26.2 Å². The molecule has 1 unspecified atom stereocenters. The van der Waals surface area contributed by atoms with E-state index in [0.29, 0.717) is 24.3 Å². The number of anilines is 2. The number of nitrogens with one attached hydrogen (secondary N) is 2. The fourth-order valence-corrected chi connectivity index (χ4v) is 2.92. The number of benzene rings is 1. The summed E-state index contributed by atoms with van der Waals surface area (Å²) in [6.45, 7) is 4.13. The highest BCUT2D eigenvalue weighted by molar-refractivity contribution is 5.95. The number of rotatable bonds is 6. The van der Waals surface area contributed by atoms with Crippen molar-refractivity contribution < 1.29 is 14.7 Å². The number of amides is 2. The lowest BCUT2D eigenvalue weighted by molar-refractivity contribution is -0.124. The number of aliphatic hydroxyl groups is 1. The Morgan fingerprint density at radius 1 is 1.00 bits per heavy atom. The molecular formula is C19H29N3O3. The summed E-state index contributed by atoms with van der Waals surface area (Å²) in [5.74, 6) is -0.435. The molecule has 1 heterocycles.